The quantitative estimate of drug-likeness (QED) is 0.0264. The second kappa shape index (κ2) is 27.5. The van der Waals surface area contributed by atoms with Gasteiger partial charge in [0.05, 0.1) is 30.1 Å². The Labute approximate surface area is 405 Å². The number of carbonyl (C=O) groups is 7. The number of carboxylic acids is 2. The van der Waals surface area contributed by atoms with Gasteiger partial charge in [-0.2, -0.15) is 0 Å². The van der Waals surface area contributed by atoms with Crippen molar-refractivity contribution >= 4 is 58.6 Å². The normalized spacial score (nSPS) is 16.8. The summed E-state index contributed by atoms with van der Waals surface area (Å²) in [4.78, 5) is 104. The van der Waals surface area contributed by atoms with E-state index in [1.165, 1.54) is 17.4 Å². The summed E-state index contributed by atoms with van der Waals surface area (Å²) in [6.07, 6.45) is 8.75. The first-order valence-corrected chi connectivity index (χ1v) is 24.4. The van der Waals surface area contributed by atoms with Crippen LogP contribution in [0.2, 0.25) is 0 Å². The summed E-state index contributed by atoms with van der Waals surface area (Å²) in [5, 5.41) is 33.8. The van der Waals surface area contributed by atoms with Crippen molar-refractivity contribution in [2.75, 3.05) is 32.6 Å². The average Bonchev–Trinajstić information content (AvgIpc) is 3.78. The number of carboxylic acid groups (broad SMARTS) is 2. The fourth-order valence-electron chi connectivity index (χ4n) is 7.98. The Hall–Kier alpha value is -5.42. The number of aromatic nitrogens is 1. The Morgan fingerprint density at radius 1 is 1.06 bits per heavy atom. The van der Waals surface area contributed by atoms with Crippen LogP contribution in [0.4, 0.5) is 5.69 Å². The fraction of sp³-hybridized carbons (Fsp3) is 0.633. The number of nitrogens with one attached hydrogen (secondary N) is 4. The number of amides is 4. The highest BCUT2D eigenvalue weighted by Gasteiger charge is 2.40. The molecule has 0 aliphatic carbocycles. The SMILES string of the molecule is C#CCCCON(C(=O)[C@@H](NC(=O)[C@H]1CCCCN1C)[C@@H](C)CC)[C@H](C[C@@H](OC(C)=O)c1nc(C(=O)N[C@@H](Cc2ccc(NC(=O)[C@@H](CCC(=O)O)NC)cc2)CC(C)(C)C(=O)O)cs1)C(C)C. The van der Waals surface area contributed by atoms with Crippen LogP contribution in [0.25, 0.3) is 0 Å². The summed E-state index contributed by atoms with van der Waals surface area (Å²) >= 11 is 1.09. The molecule has 6 N–H and O–H groups in total. The van der Waals surface area contributed by atoms with Gasteiger partial charge >= 0.3 is 17.9 Å². The van der Waals surface area contributed by atoms with Crippen molar-refractivity contribution in [2.45, 2.75) is 155 Å². The number of ether oxygens (including phenoxy) is 1. The molecular weight excluding hydrogens is 895 g/mol. The number of piperidine rings is 1. The van der Waals surface area contributed by atoms with Crippen molar-refractivity contribution in [3.8, 4) is 12.3 Å². The topological polar surface area (TPSA) is 246 Å². The van der Waals surface area contributed by atoms with E-state index in [4.69, 9.17) is 21.1 Å². The molecular formula is C49H73N7O11S. The predicted octanol–water partition coefficient (Wildman–Crippen LogP) is 5.58. The fourth-order valence-corrected chi connectivity index (χ4v) is 8.82. The summed E-state index contributed by atoms with van der Waals surface area (Å²) in [6, 6.07) is 3.39. The second-order valence-electron chi connectivity index (χ2n) is 18.6. The molecule has 1 fully saturated rings. The summed E-state index contributed by atoms with van der Waals surface area (Å²) in [6.45, 7) is 12.9. The number of hydroxylamine groups is 2. The Bertz CT molecular complexity index is 2050. The maximum atomic E-state index is 14.8. The maximum absolute atomic E-state index is 14.8. The first-order chi connectivity index (χ1) is 32.1. The van der Waals surface area contributed by atoms with Crippen LogP contribution in [0, 0.1) is 29.6 Å². The zero-order valence-electron chi connectivity index (χ0n) is 41.1. The summed E-state index contributed by atoms with van der Waals surface area (Å²) in [7, 11) is 3.47. The highest BCUT2D eigenvalue weighted by atomic mass is 32.1. The highest BCUT2D eigenvalue weighted by molar-refractivity contribution is 7.09. The van der Waals surface area contributed by atoms with Gasteiger partial charge < -0.3 is 36.2 Å². The molecule has 1 saturated heterocycles. The smallest absolute Gasteiger partial charge is 0.309 e. The van der Waals surface area contributed by atoms with E-state index in [-0.39, 0.29) is 73.2 Å². The molecule has 0 spiro atoms. The van der Waals surface area contributed by atoms with Crippen LogP contribution in [-0.2, 0) is 44.8 Å². The lowest BCUT2D eigenvalue weighted by molar-refractivity contribution is -0.213. The minimum Gasteiger partial charge on any atom is -0.481 e. The number of esters is 1. The van der Waals surface area contributed by atoms with Crippen molar-refractivity contribution in [3.63, 3.8) is 0 Å². The number of hydrogen-bond acceptors (Lipinski definition) is 13. The zero-order valence-corrected chi connectivity index (χ0v) is 41.9. The van der Waals surface area contributed by atoms with E-state index in [9.17, 15) is 38.7 Å². The standard InChI is InChI=1S/C49H73N7O11S/c1-11-13-16-25-66-56(47(63)42(31(5)12-2)54-45(62)38-17-14-15-24-55(38)10)39(30(3)4)27-40(67-32(6)57)46-53-37(29-68-46)44(61)52-35(28-49(7,8)48(64)65)26-33-18-20-34(21-19-33)51-43(60)36(50-9)22-23-41(58)59/h1,18-21,29-31,35-36,38-40,42,50H,12-17,22-28H2,2-10H3,(H,51,60)(H,52,61)(H,54,62)(H,58,59)(H,64,65)/t31-,35-,36+,38+,39+,40+,42-/m0/s1. The van der Waals surface area contributed by atoms with Crippen LogP contribution in [0.15, 0.2) is 29.6 Å². The Balaban J connectivity index is 1.91. The molecule has 0 radical (unpaired) electrons. The molecule has 0 bridgehead atoms. The number of rotatable bonds is 28. The number of unbranched alkanes of at least 4 members (excludes halogenated alkanes) is 1. The van der Waals surface area contributed by atoms with Gasteiger partial charge in [0.2, 0.25) is 11.8 Å². The van der Waals surface area contributed by atoms with Gasteiger partial charge in [-0.1, -0.05) is 52.7 Å². The molecule has 68 heavy (non-hydrogen) atoms. The van der Waals surface area contributed by atoms with Crippen LogP contribution in [-0.4, -0.2) is 124 Å². The number of aliphatic carboxylic acids is 2. The molecule has 4 amide bonds. The minimum absolute atomic E-state index is 0.00659. The molecule has 0 unspecified atom stereocenters. The molecule has 2 heterocycles. The highest BCUT2D eigenvalue weighted by Crippen LogP contribution is 2.32. The first kappa shape index (κ1) is 56.9. The molecule has 1 aromatic heterocycles. The summed E-state index contributed by atoms with van der Waals surface area (Å²) in [5.41, 5.74) is -0.0348. The van der Waals surface area contributed by atoms with E-state index >= 15 is 0 Å². The van der Waals surface area contributed by atoms with Gasteiger partial charge in [-0.25, -0.2) is 10.0 Å². The molecule has 0 saturated carbocycles. The van der Waals surface area contributed by atoms with Gasteiger partial charge in [0.25, 0.3) is 11.8 Å². The van der Waals surface area contributed by atoms with E-state index in [1.807, 2.05) is 39.6 Å². The predicted molar refractivity (Wildman–Crippen MR) is 258 cm³/mol. The van der Waals surface area contributed by atoms with Gasteiger partial charge in [-0.15, -0.1) is 23.7 Å². The van der Waals surface area contributed by atoms with Gasteiger partial charge in [0, 0.05) is 43.3 Å². The number of thiazole rings is 1. The number of anilines is 1. The van der Waals surface area contributed by atoms with E-state index in [2.05, 4.69) is 32.2 Å². The van der Waals surface area contributed by atoms with Crippen molar-refractivity contribution in [1.29, 1.82) is 0 Å². The maximum Gasteiger partial charge on any atom is 0.309 e. The molecule has 18 nitrogen and oxygen atoms in total. The molecule has 376 valence electrons. The van der Waals surface area contributed by atoms with E-state index in [1.54, 1.807) is 45.2 Å². The molecule has 1 aromatic carbocycles. The Kier molecular flexibility index (Phi) is 23.0. The first-order valence-electron chi connectivity index (χ1n) is 23.5. The van der Waals surface area contributed by atoms with Crippen LogP contribution < -0.4 is 21.3 Å². The number of benzene rings is 1. The molecule has 7 atom stereocenters. The van der Waals surface area contributed by atoms with E-state index in [0.29, 0.717) is 31.4 Å². The van der Waals surface area contributed by atoms with Crippen LogP contribution >= 0.6 is 11.3 Å². The van der Waals surface area contributed by atoms with Crippen LogP contribution in [0.1, 0.15) is 140 Å². The number of carbonyl (C=O) groups excluding carboxylic acids is 5. The molecule has 1 aliphatic heterocycles. The van der Waals surface area contributed by atoms with Gasteiger partial charge in [-0.3, -0.25) is 43.3 Å². The number of hydrogen-bond donors (Lipinski definition) is 6. The monoisotopic (exact) mass is 968 g/mol. The molecule has 2 aromatic rings. The molecule has 19 heteroatoms. The van der Waals surface area contributed by atoms with Crippen molar-refractivity contribution in [3.05, 3.63) is 45.9 Å². The van der Waals surface area contributed by atoms with E-state index in [0.717, 1.165) is 36.3 Å². The zero-order chi connectivity index (χ0) is 50.7. The molecule has 3 rings (SSSR count). The van der Waals surface area contributed by atoms with Gasteiger partial charge in [0.15, 0.2) is 6.10 Å². The summed E-state index contributed by atoms with van der Waals surface area (Å²) < 4.78 is 5.86. The van der Waals surface area contributed by atoms with Crippen molar-refractivity contribution in [2.24, 2.45) is 17.3 Å². The third kappa shape index (κ3) is 17.6. The van der Waals surface area contributed by atoms with Crippen LogP contribution in [0.3, 0.4) is 0 Å². The Morgan fingerprint density at radius 2 is 1.75 bits per heavy atom. The lowest BCUT2D eigenvalue weighted by Gasteiger charge is -2.39. The largest absolute Gasteiger partial charge is 0.481 e. The lowest BCUT2D eigenvalue weighted by Crippen LogP contribution is -2.58. The number of likely N-dealkylation sites (N-methyl/N-ethyl adjacent to an activating group) is 2. The minimum atomic E-state index is -1.24. The number of likely N-dealkylation sites (tertiary alicyclic amines) is 1. The summed E-state index contributed by atoms with van der Waals surface area (Å²) in [5.74, 6) is -2.29. The number of nitrogens with zero attached hydrogens (tertiary/aromatic N) is 3. The Morgan fingerprint density at radius 3 is 2.32 bits per heavy atom. The van der Waals surface area contributed by atoms with Crippen molar-refractivity contribution < 1.29 is 53.3 Å². The third-order valence-electron chi connectivity index (χ3n) is 12.3. The van der Waals surface area contributed by atoms with Crippen molar-refractivity contribution in [1.82, 2.24) is 30.9 Å². The average molecular weight is 968 g/mol. The number of terminal acetylenes is 1. The van der Waals surface area contributed by atoms with Gasteiger partial charge in [0.1, 0.15) is 16.7 Å². The van der Waals surface area contributed by atoms with Gasteiger partial charge in [-0.05, 0) is 103 Å². The molecule has 1 aliphatic rings. The third-order valence-corrected chi connectivity index (χ3v) is 13.3. The second-order valence-corrected chi connectivity index (χ2v) is 19.5. The lowest BCUT2D eigenvalue weighted by atomic mass is 9.84. The van der Waals surface area contributed by atoms with E-state index < -0.39 is 71.3 Å². The van der Waals surface area contributed by atoms with Crippen LogP contribution in [0.5, 0.6) is 0 Å².